The minimum Gasteiger partial charge on any atom is -0.443 e. The molecular weight excluding hydrogens is 409 g/mol. The van der Waals surface area contributed by atoms with E-state index in [1.165, 1.54) is 18.2 Å². The number of anilines is 2. The molecule has 0 radical (unpaired) electrons. The highest BCUT2D eigenvalue weighted by Crippen LogP contribution is 2.28. The zero-order valence-electron chi connectivity index (χ0n) is 17.5. The molecule has 0 bridgehead atoms. The summed E-state index contributed by atoms with van der Waals surface area (Å²) in [5.41, 5.74) is 3.68. The van der Waals surface area contributed by atoms with Crippen LogP contribution in [0.15, 0.2) is 77.5 Å². The van der Waals surface area contributed by atoms with Gasteiger partial charge in [-0.2, -0.15) is 0 Å². The lowest BCUT2D eigenvalue weighted by molar-refractivity contribution is 0.101. The lowest BCUT2D eigenvalue weighted by Gasteiger charge is -2.11. The van der Waals surface area contributed by atoms with E-state index in [4.69, 9.17) is 4.42 Å². The van der Waals surface area contributed by atoms with Crippen LogP contribution in [0.1, 0.15) is 32.0 Å². The van der Waals surface area contributed by atoms with Crippen LogP contribution in [0.4, 0.5) is 15.8 Å². The van der Waals surface area contributed by atoms with Gasteiger partial charge in [-0.1, -0.05) is 42.0 Å². The molecular formula is C25H20FN3O3. The lowest BCUT2D eigenvalue weighted by atomic mass is 10.0. The fourth-order valence-electron chi connectivity index (χ4n) is 3.38. The van der Waals surface area contributed by atoms with E-state index in [9.17, 15) is 14.0 Å². The molecule has 32 heavy (non-hydrogen) atoms. The highest BCUT2D eigenvalue weighted by Gasteiger charge is 2.23. The molecule has 0 aliphatic carbocycles. The van der Waals surface area contributed by atoms with Crippen molar-refractivity contribution >= 4 is 23.2 Å². The van der Waals surface area contributed by atoms with E-state index < -0.39 is 17.6 Å². The van der Waals surface area contributed by atoms with Gasteiger partial charge < -0.3 is 15.1 Å². The van der Waals surface area contributed by atoms with Crippen LogP contribution in [0, 0.1) is 19.7 Å². The van der Waals surface area contributed by atoms with Gasteiger partial charge in [-0.05, 0) is 49.7 Å². The first kappa shape index (κ1) is 21.0. The fourth-order valence-corrected chi connectivity index (χ4v) is 3.38. The zero-order valence-corrected chi connectivity index (χ0v) is 17.5. The second-order valence-electron chi connectivity index (χ2n) is 7.31. The Morgan fingerprint density at radius 1 is 0.906 bits per heavy atom. The SMILES string of the molecule is Cc1ccc(NC(=O)c2ncoc2-c2ccccc2C(=O)Nc2cccc(F)c2)c(C)c1. The van der Waals surface area contributed by atoms with Crippen LogP contribution in [0.5, 0.6) is 0 Å². The molecule has 7 heteroatoms. The molecule has 0 aliphatic heterocycles. The van der Waals surface area contributed by atoms with Gasteiger partial charge in [0, 0.05) is 16.9 Å². The Labute approximate surface area is 184 Å². The number of amides is 2. The van der Waals surface area contributed by atoms with E-state index in [0.717, 1.165) is 17.5 Å². The number of aryl methyl sites for hydroxylation is 2. The van der Waals surface area contributed by atoms with Crippen molar-refractivity contribution in [2.45, 2.75) is 13.8 Å². The predicted molar refractivity (Wildman–Crippen MR) is 120 cm³/mol. The Balaban J connectivity index is 1.64. The number of benzene rings is 3. The van der Waals surface area contributed by atoms with Gasteiger partial charge in [0.05, 0.1) is 5.56 Å². The number of aromatic nitrogens is 1. The summed E-state index contributed by atoms with van der Waals surface area (Å²) >= 11 is 0. The molecule has 160 valence electrons. The van der Waals surface area contributed by atoms with E-state index in [1.807, 2.05) is 32.0 Å². The monoisotopic (exact) mass is 429 g/mol. The summed E-state index contributed by atoms with van der Waals surface area (Å²) in [6.07, 6.45) is 1.16. The highest BCUT2D eigenvalue weighted by atomic mass is 19.1. The quantitative estimate of drug-likeness (QED) is 0.432. The first-order valence-electron chi connectivity index (χ1n) is 9.91. The van der Waals surface area contributed by atoms with Crippen LogP contribution in [-0.2, 0) is 0 Å². The average Bonchev–Trinajstić information content (AvgIpc) is 3.25. The maximum atomic E-state index is 13.5. The van der Waals surface area contributed by atoms with Gasteiger partial charge >= 0.3 is 0 Å². The average molecular weight is 429 g/mol. The first-order valence-corrected chi connectivity index (χ1v) is 9.91. The van der Waals surface area contributed by atoms with Gasteiger partial charge in [-0.15, -0.1) is 0 Å². The summed E-state index contributed by atoms with van der Waals surface area (Å²) < 4.78 is 19.0. The molecule has 0 unspecified atom stereocenters. The molecule has 4 aromatic rings. The van der Waals surface area contributed by atoms with Gasteiger partial charge in [0.2, 0.25) is 0 Å². The van der Waals surface area contributed by atoms with Gasteiger partial charge in [0.15, 0.2) is 17.8 Å². The number of hydrogen-bond donors (Lipinski definition) is 2. The third kappa shape index (κ3) is 4.41. The number of oxazole rings is 1. The van der Waals surface area contributed by atoms with E-state index >= 15 is 0 Å². The van der Waals surface area contributed by atoms with Gasteiger partial charge in [0.25, 0.3) is 11.8 Å². The number of nitrogens with zero attached hydrogens (tertiary/aromatic N) is 1. The van der Waals surface area contributed by atoms with Crippen molar-refractivity contribution in [3.63, 3.8) is 0 Å². The molecule has 2 amide bonds. The van der Waals surface area contributed by atoms with Crippen LogP contribution in [0.3, 0.4) is 0 Å². The molecule has 0 fully saturated rings. The summed E-state index contributed by atoms with van der Waals surface area (Å²) in [5, 5.41) is 5.50. The maximum Gasteiger partial charge on any atom is 0.278 e. The van der Waals surface area contributed by atoms with Gasteiger partial charge in [-0.25, -0.2) is 9.37 Å². The Morgan fingerprint density at radius 2 is 1.72 bits per heavy atom. The smallest absolute Gasteiger partial charge is 0.278 e. The van der Waals surface area contributed by atoms with E-state index in [-0.39, 0.29) is 17.0 Å². The Hall–Kier alpha value is -4.26. The number of carbonyl (C=O) groups is 2. The summed E-state index contributed by atoms with van der Waals surface area (Å²) in [5.74, 6) is -1.22. The molecule has 3 aromatic carbocycles. The zero-order chi connectivity index (χ0) is 22.7. The van der Waals surface area contributed by atoms with Crippen LogP contribution < -0.4 is 10.6 Å². The predicted octanol–water partition coefficient (Wildman–Crippen LogP) is 5.60. The normalized spacial score (nSPS) is 10.6. The second kappa shape index (κ2) is 8.85. The Bertz CT molecular complexity index is 1310. The van der Waals surface area contributed by atoms with Crippen LogP contribution >= 0.6 is 0 Å². The van der Waals surface area contributed by atoms with Gasteiger partial charge in [0.1, 0.15) is 5.82 Å². The second-order valence-corrected chi connectivity index (χ2v) is 7.31. The standard InChI is InChI=1S/C25H20FN3O3/c1-15-10-11-21(16(2)12-15)29-25(31)22-23(32-14-27-22)19-8-3-4-9-20(19)24(30)28-18-7-5-6-17(26)13-18/h3-14H,1-2H3,(H,28,30)(H,29,31). The van der Waals surface area contributed by atoms with E-state index in [0.29, 0.717) is 16.9 Å². The summed E-state index contributed by atoms with van der Waals surface area (Å²) in [4.78, 5) is 29.9. The molecule has 2 N–H and O–H groups in total. The minimum absolute atomic E-state index is 0.0518. The molecule has 6 nitrogen and oxygen atoms in total. The summed E-state index contributed by atoms with van der Waals surface area (Å²) in [6, 6.07) is 18.0. The van der Waals surface area contributed by atoms with Crippen LogP contribution in [0.25, 0.3) is 11.3 Å². The highest BCUT2D eigenvalue weighted by molar-refractivity contribution is 6.11. The molecule has 1 heterocycles. The van der Waals surface area contributed by atoms with Crippen molar-refractivity contribution in [2.75, 3.05) is 10.6 Å². The largest absolute Gasteiger partial charge is 0.443 e. The van der Waals surface area contributed by atoms with Gasteiger partial charge in [-0.3, -0.25) is 9.59 Å². The van der Waals surface area contributed by atoms with Crippen molar-refractivity contribution in [3.8, 4) is 11.3 Å². The van der Waals surface area contributed by atoms with Crippen LogP contribution in [-0.4, -0.2) is 16.8 Å². The van der Waals surface area contributed by atoms with E-state index in [2.05, 4.69) is 15.6 Å². The summed E-state index contributed by atoms with van der Waals surface area (Å²) in [6.45, 7) is 3.87. The maximum absolute atomic E-state index is 13.5. The van der Waals surface area contributed by atoms with E-state index in [1.54, 1.807) is 30.3 Å². The fraction of sp³-hybridized carbons (Fsp3) is 0.0800. The third-order valence-corrected chi connectivity index (χ3v) is 4.91. The Kier molecular flexibility index (Phi) is 5.81. The molecule has 0 saturated heterocycles. The number of carbonyl (C=O) groups excluding carboxylic acids is 2. The van der Waals surface area contributed by atoms with Crippen molar-refractivity contribution in [1.82, 2.24) is 4.98 Å². The minimum atomic E-state index is -0.469. The lowest BCUT2D eigenvalue weighted by Crippen LogP contribution is -2.16. The number of rotatable bonds is 5. The molecule has 0 saturated carbocycles. The van der Waals surface area contributed by atoms with Crippen molar-refractivity contribution < 1.29 is 18.4 Å². The summed E-state index contributed by atoms with van der Waals surface area (Å²) in [7, 11) is 0. The topological polar surface area (TPSA) is 84.2 Å². The van der Waals surface area contributed by atoms with Crippen LogP contribution in [0.2, 0.25) is 0 Å². The molecule has 1 aromatic heterocycles. The molecule has 0 aliphatic rings. The van der Waals surface area contributed by atoms with Crippen molar-refractivity contribution in [1.29, 1.82) is 0 Å². The Morgan fingerprint density at radius 3 is 2.50 bits per heavy atom. The number of halogens is 1. The van der Waals surface area contributed by atoms with Crippen molar-refractivity contribution in [2.24, 2.45) is 0 Å². The number of nitrogens with one attached hydrogen (secondary N) is 2. The number of hydrogen-bond acceptors (Lipinski definition) is 4. The molecule has 0 spiro atoms. The first-order chi connectivity index (χ1) is 15.4. The molecule has 4 rings (SSSR count). The third-order valence-electron chi connectivity index (χ3n) is 4.91. The molecule has 0 atom stereocenters. The van der Waals surface area contributed by atoms with Crippen molar-refractivity contribution in [3.05, 3.63) is 101 Å².